The highest BCUT2D eigenvalue weighted by atomic mass is 79.9. The Bertz CT molecular complexity index is 960. The molecular formula is C18H17BrClN5. The molecule has 0 atom stereocenters. The maximum absolute atomic E-state index is 7.16. The predicted molar refractivity (Wildman–Crippen MR) is 108 cm³/mol. The Morgan fingerprint density at radius 2 is 2.04 bits per heavy atom. The first-order chi connectivity index (χ1) is 12.0. The summed E-state index contributed by atoms with van der Waals surface area (Å²) in [5.74, 6) is -0.189. The number of halogens is 2. The Morgan fingerprint density at radius 1 is 1.32 bits per heavy atom. The quantitative estimate of drug-likeness (QED) is 0.336. The van der Waals surface area contributed by atoms with Crippen LogP contribution in [0.25, 0.3) is 22.2 Å². The van der Waals surface area contributed by atoms with Gasteiger partial charge in [0.25, 0.3) is 0 Å². The summed E-state index contributed by atoms with van der Waals surface area (Å²) in [4.78, 5) is 0. The fourth-order valence-electron chi connectivity index (χ4n) is 2.93. The minimum absolute atomic E-state index is 0.189. The molecule has 5 nitrogen and oxygen atoms in total. The van der Waals surface area contributed by atoms with Gasteiger partial charge >= 0.3 is 0 Å². The van der Waals surface area contributed by atoms with Gasteiger partial charge in [-0.3, -0.25) is 5.41 Å². The third-order valence-corrected chi connectivity index (χ3v) is 4.72. The van der Waals surface area contributed by atoms with Crippen molar-refractivity contribution in [1.82, 2.24) is 9.99 Å². The Hall–Kier alpha value is -2.31. The number of hydrazone groups is 1. The van der Waals surface area contributed by atoms with Gasteiger partial charge < -0.3 is 10.3 Å². The molecule has 0 spiro atoms. The van der Waals surface area contributed by atoms with E-state index in [2.05, 4.69) is 43.2 Å². The molecule has 0 bridgehead atoms. The number of aromatic nitrogens is 1. The van der Waals surface area contributed by atoms with E-state index in [0.717, 1.165) is 32.2 Å². The molecule has 128 valence electrons. The lowest BCUT2D eigenvalue weighted by atomic mass is 10.0. The third-order valence-electron chi connectivity index (χ3n) is 3.96. The predicted octanol–water partition coefficient (Wildman–Crippen LogP) is 4.27. The summed E-state index contributed by atoms with van der Waals surface area (Å²) in [5.41, 5.74) is 12.1. The van der Waals surface area contributed by atoms with Crippen molar-refractivity contribution in [2.24, 2.45) is 17.9 Å². The molecule has 0 aliphatic rings. The number of nitrogens with zero attached hydrogens (tertiary/aromatic N) is 2. The van der Waals surface area contributed by atoms with Crippen LogP contribution in [0.15, 0.2) is 52.0 Å². The number of hydrogen-bond donors (Lipinski definition) is 3. The molecule has 7 heteroatoms. The monoisotopic (exact) mass is 417 g/mol. The van der Waals surface area contributed by atoms with Gasteiger partial charge in [-0.1, -0.05) is 39.7 Å². The summed E-state index contributed by atoms with van der Waals surface area (Å²) >= 11 is 9.69. The van der Waals surface area contributed by atoms with E-state index in [-0.39, 0.29) is 5.96 Å². The molecule has 0 saturated heterocycles. The van der Waals surface area contributed by atoms with Crippen LogP contribution in [0, 0.1) is 5.41 Å². The molecule has 4 N–H and O–H groups in total. The lowest BCUT2D eigenvalue weighted by Gasteiger charge is -2.07. The molecule has 0 aliphatic heterocycles. The van der Waals surface area contributed by atoms with Crippen LogP contribution in [-0.4, -0.2) is 16.7 Å². The molecule has 1 heterocycles. The van der Waals surface area contributed by atoms with Crippen LogP contribution in [0.1, 0.15) is 5.56 Å². The van der Waals surface area contributed by atoms with Crippen LogP contribution in [-0.2, 0) is 13.5 Å². The molecule has 3 rings (SSSR count). The first kappa shape index (κ1) is 17.5. The van der Waals surface area contributed by atoms with Gasteiger partial charge in [-0.05, 0) is 41.5 Å². The van der Waals surface area contributed by atoms with Crippen molar-refractivity contribution in [3.8, 4) is 11.3 Å². The van der Waals surface area contributed by atoms with Crippen molar-refractivity contribution >= 4 is 50.6 Å². The van der Waals surface area contributed by atoms with E-state index in [9.17, 15) is 0 Å². The number of benzene rings is 2. The lowest BCUT2D eigenvalue weighted by Crippen LogP contribution is -2.25. The minimum Gasteiger partial charge on any atom is -0.369 e. The second-order valence-corrected chi connectivity index (χ2v) is 6.95. The Balaban J connectivity index is 2.14. The van der Waals surface area contributed by atoms with Crippen molar-refractivity contribution in [3.05, 3.63) is 57.5 Å². The fraction of sp³-hybridized carbons (Fsp3) is 0.111. The maximum atomic E-state index is 7.16. The number of rotatable bonds is 4. The number of hydrogen-bond acceptors (Lipinski definition) is 2. The zero-order chi connectivity index (χ0) is 18.0. The highest BCUT2D eigenvalue weighted by Crippen LogP contribution is 2.35. The van der Waals surface area contributed by atoms with Gasteiger partial charge in [0.15, 0.2) is 0 Å². The highest BCUT2D eigenvalue weighted by Gasteiger charge is 2.16. The number of fused-ring (bicyclic) bond motifs is 1. The molecule has 3 aromatic rings. The molecule has 0 aliphatic carbocycles. The summed E-state index contributed by atoms with van der Waals surface area (Å²) in [6.07, 6.45) is 2.29. The maximum Gasteiger partial charge on any atom is 0.206 e. The zero-order valence-electron chi connectivity index (χ0n) is 13.6. The van der Waals surface area contributed by atoms with E-state index in [1.807, 2.05) is 37.4 Å². The Labute approximate surface area is 159 Å². The first-order valence-corrected chi connectivity index (χ1v) is 8.79. The second kappa shape index (κ2) is 7.29. The average Bonchev–Trinajstić information content (AvgIpc) is 2.84. The Kier molecular flexibility index (Phi) is 5.11. The van der Waals surface area contributed by atoms with Crippen molar-refractivity contribution < 1.29 is 0 Å². The number of nitrogens with two attached hydrogens (primary N) is 1. The molecule has 2 aromatic carbocycles. The third kappa shape index (κ3) is 3.70. The highest BCUT2D eigenvalue weighted by molar-refractivity contribution is 9.10. The fourth-order valence-corrected chi connectivity index (χ4v) is 3.36. The van der Waals surface area contributed by atoms with Gasteiger partial charge in [-0.2, -0.15) is 5.10 Å². The lowest BCUT2D eigenvalue weighted by molar-refractivity contribution is 0.969. The van der Waals surface area contributed by atoms with E-state index in [0.29, 0.717) is 11.4 Å². The van der Waals surface area contributed by atoms with Crippen molar-refractivity contribution in [3.63, 3.8) is 0 Å². The van der Waals surface area contributed by atoms with Crippen LogP contribution in [0.3, 0.4) is 0 Å². The van der Waals surface area contributed by atoms with E-state index in [4.69, 9.17) is 22.7 Å². The van der Waals surface area contributed by atoms with Crippen molar-refractivity contribution in [2.75, 3.05) is 0 Å². The molecule has 0 saturated carbocycles. The van der Waals surface area contributed by atoms with E-state index < -0.39 is 0 Å². The molecule has 0 amide bonds. The topological polar surface area (TPSA) is 79.2 Å². The summed E-state index contributed by atoms with van der Waals surface area (Å²) in [6.45, 7) is 0. The van der Waals surface area contributed by atoms with Crippen LogP contribution >= 0.6 is 27.5 Å². The van der Waals surface area contributed by atoms with Crippen molar-refractivity contribution in [1.29, 1.82) is 5.41 Å². The van der Waals surface area contributed by atoms with E-state index >= 15 is 0 Å². The average molecular weight is 419 g/mol. The SMILES string of the molecule is Cn1c(-c2ccc(Br)cc2)c(CC=NNC(=N)N)c2cc(Cl)ccc21. The van der Waals surface area contributed by atoms with E-state index in [1.54, 1.807) is 6.21 Å². The summed E-state index contributed by atoms with van der Waals surface area (Å²) in [6, 6.07) is 14.1. The van der Waals surface area contributed by atoms with Gasteiger partial charge in [0.05, 0.1) is 5.69 Å². The van der Waals surface area contributed by atoms with Gasteiger partial charge in [0, 0.05) is 40.1 Å². The normalized spacial score (nSPS) is 11.3. The molecule has 0 fully saturated rings. The van der Waals surface area contributed by atoms with Crippen LogP contribution in [0.2, 0.25) is 5.02 Å². The van der Waals surface area contributed by atoms with Gasteiger partial charge in [-0.15, -0.1) is 0 Å². The number of nitrogens with one attached hydrogen (secondary N) is 2. The molecule has 0 unspecified atom stereocenters. The first-order valence-electron chi connectivity index (χ1n) is 7.61. The van der Waals surface area contributed by atoms with Crippen molar-refractivity contribution in [2.45, 2.75) is 6.42 Å². The number of aryl methyl sites for hydroxylation is 1. The van der Waals surface area contributed by atoms with Gasteiger partial charge in [-0.25, -0.2) is 5.43 Å². The summed E-state index contributed by atoms with van der Waals surface area (Å²) in [5, 5.41) is 12.9. The molecular weight excluding hydrogens is 402 g/mol. The molecule has 25 heavy (non-hydrogen) atoms. The smallest absolute Gasteiger partial charge is 0.206 e. The standard InChI is InChI=1S/C18H17BrClN5/c1-25-16-7-6-13(20)10-15(16)14(8-9-23-24-18(21)22)17(25)11-2-4-12(19)5-3-11/h2-7,9-10H,8H2,1H3,(H4,21,22,24). The Morgan fingerprint density at radius 3 is 2.72 bits per heavy atom. The van der Waals surface area contributed by atoms with Gasteiger partial charge in [0.1, 0.15) is 0 Å². The van der Waals surface area contributed by atoms with Gasteiger partial charge in [0.2, 0.25) is 5.96 Å². The number of guanidine groups is 1. The molecule has 1 aromatic heterocycles. The molecule has 0 radical (unpaired) electrons. The van der Waals surface area contributed by atoms with E-state index in [1.165, 1.54) is 0 Å². The minimum atomic E-state index is -0.189. The van der Waals surface area contributed by atoms with Crippen LogP contribution in [0.5, 0.6) is 0 Å². The second-order valence-electron chi connectivity index (χ2n) is 5.60. The van der Waals surface area contributed by atoms with Crippen LogP contribution < -0.4 is 11.2 Å². The summed E-state index contributed by atoms with van der Waals surface area (Å²) < 4.78 is 3.20. The largest absolute Gasteiger partial charge is 0.369 e. The van der Waals surface area contributed by atoms with Crippen LogP contribution in [0.4, 0.5) is 0 Å². The zero-order valence-corrected chi connectivity index (χ0v) is 15.9. The summed E-state index contributed by atoms with van der Waals surface area (Å²) in [7, 11) is 2.04.